The number of rotatable bonds is 16. The Hall–Kier alpha value is -1.82. The Kier molecular flexibility index (Phi) is 20.6. The van der Waals surface area contributed by atoms with E-state index in [-0.39, 0.29) is 0 Å². The molecule has 0 aromatic carbocycles. The van der Waals surface area contributed by atoms with Gasteiger partial charge in [-0.1, -0.05) is 144 Å². The van der Waals surface area contributed by atoms with Crippen LogP contribution in [0.3, 0.4) is 0 Å². The summed E-state index contributed by atoms with van der Waals surface area (Å²) < 4.78 is 0. The van der Waals surface area contributed by atoms with Crippen LogP contribution in [-0.2, 0) is 0 Å². The van der Waals surface area contributed by atoms with E-state index in [1.807, 2.05) is 48.6 Å². The average molecular weight is 339 g/mol. The molecule has 0 saturated heterocycles. The van der Waals surface area contributed by atoms with E-state index in [4.69, 9.17) is 0 Å². The predicted molar refractivity (Wildman–Crippen MR) is 117 cm³/mol. The molecule has 0 heteroatoms. The largest absolute Gasteiger partial charge is 0.0991 e. The van der Waals surface area contributed by atoms with Gasteiger partial charge in [-0.2, -0.15) is 0 Å². The molecule has 0 heterocycles. The van der Waals surface area contributed by atoms with Crippen LogP contribution in [0, 0.1) is 0 Å². The van der Waals surface area contributed by atoms with E-state index in [0.29, 0.717) is 0 Å². The molecule has 0 bridgehead atoms. The molecular weight excluding hydrogens is 300 g/mol. The Bertz CT molecular complexity index is 441. The summed E-state index contributed by atoms with van der Waals surface area (Å²) in [6.07, 6.45) is 40.1. The van der Waals surface area contributed by atoms with Crippen molar-refractivity contribution < 1.29 is 0 Å². The monoisotopic (exact) mass is 338 g/mol. The van der Waals surface area contributed by atoms with Crippen LogP contribution in [0.2, 0.25) is 0 Å². The van der Waals surface area contributed by atoms with Gasteiger partial charge in [-0.25, -0.2) is 0 Å². The van der Waals surface area contributed by atoms with Crippen molar-refractivity contribution in [1.82, 2.24) is 0 Å². The zero-order valence-corrected chi connectivity index (χ0v) is 16.3. The fraction of sp³-hybridized carbons (Fsp3) is 0.440. The maximum atomic E-state index is 3.62. The van der Waals surface area contributed by atoms with E-state index in [1.165, 1.54) is 64.2 Å². The van der Waals surface area contributed by atoms with Gasteiger partial charge in [0.25, 0.3) is 0 Å². The number of allylic oxidation sites excluding steroid dienone is 13. The molecule has 0 amide bonds. The van der Waals surface area contributed by atoms with Crippen LogP contribution in [0.25, 0.3) is 0 Å². The normalized spacial score (nSPS) is 13.0. The highest BCUT2D eigenvalue weighted by Crippen LogP contribution is 2.10. The highest BCUT2D eigenvalue weighted by atomic mass is 14.0. The van der Waals surface area contributed by atoms with Gasteiger partial charge in [0, 0.05) is 0 Å². The van der Waals surface area contributed by atoms with Gasteiger partial charge >= 0.3 is 0 Å². The molecule has 0 atom stereocenters. The van der Waals surface area contributed by atoms with Crippen molar-refractivity contribution in [1.29, 1.82) is 0 Å². The van der Waals surface area contributed by atoms with Gasteiger partial charge in [0.1, 0.15) is 0 Å². The van der Waals surface area contributed by atoms with Gasteiger partial charge in [-0.3, -0.25) is 0 Å². The Morgan fingerprint density at radius 3 is 1.36 bits per heavy atom. The average Bonchev–Trinajstić information content (AvgIpc) is 2.63. The molecule has 0 rings (SSSR count). The van der Waals surface area contributed by atoms with Crippen molar-refractivity contribution in [2.75, 3.05) is 0 Å². The van der Waals surface area contributed by atoms with Crippen LogP contribution in [0.15, 0.2) is 85.6 Å². The van der Waals surface area contributed by atoms with Gasteiger partial charge in [-0.15, -0.1) is 0 Å². The predicted octanol–water partition coefficient (Wildman–Crippen LogP) is 8.43. The summed E-state index contributed by atoms with van der Waals surface area (Å²) in [5, 5.41) is 0. The van der Waals surface area contributed by atoms with Gasteiger partial charge in [0.15, 0.2) is 0 Å². The lowest BCUT2D eigenvalue weighted by atomic mass is 10.1. The summed E-state index contributed by atoms with van der Waals surface area (Å²) in [6.45, 7) is 5.90. The van der Waals surface area contributed by atoms with Crippen molar-refractivity contribution in [2.45, 2.75) is 71.1 Å². The van der Waals surface area contributed by atoms with Crippen LogP contribution >= 0.6 is 0 Å². The van der Waals surface area contributed by atoms with E-state index in [0.717, 1.165) is 0 Å². The molecule has 25 heavy (non-hydrogen) atoms. The quantitative estimate of drug-likeness (QED) is 0.196. The molecule has 0 unspecified atom stereocenters. The lowest BCUT2D eigenvalue weighted by Gasteiger charge is -2.00. The van der Waals surface area contributed by atoms with E-state index >= 15 is 0 Å². The fourth-order valence-electron chi connectivity index (χ4n) is 2.40. The molecule has 0 spiro atoms. The van der Waals surface area contributed by atoms with Crippen LogP contribution in [0.4, 0.5) is 0 Å². The molecule has 0 saturated carbocycles. The topological polar surface area (TPSA) is 0 Å². The van der Waals surface area contributed by atoms with Crippen molar-refractivity contribution >= 4 is 0 Å². The second kappa shape index (κ2) is 22.2. The first kappa shape index (κ1) is 23.2. The van der Waals surface area contributed by atoms with Crippen molar-refractivity contribution in [3.05, 3.63) is 85.6 Å². The van der Waals surface area contributed by atoms with E-state index in [1.54, 1.807) is 6.08 Å². The maximum absolute atomic E-state index is 3.62. The first-order chi connectivity index (χ1) is 12.4. The van der Waals surface area contributed by atoms with Crippen molar-refractivity contribution in [3.63, 3.8) is 0 Å². The lowest BCUT2D eigenvalue weighted by molar-refractivity contribution is 0.566. The number of unbranched alkanes of at least 4 members (excludes halogenated alkanes) is 9. The highest BCUT2D eigenvalue weighted by Gasteiger charge is 1.90. The van der Waals surface area contributed by atoms with Gasteiger partial charge in [-0.05, 0) is 12.8 Å². The molecule has 0 fully saturated rings. The summed E-state index contributed by atoms with van der Waals surface area (Å²) in [6, 6.07) is 0. The molecule has 0 aliphatic carbocycles. The molecule has 138 valence electrons. The van der Waals surface area contributed by atoms with Gasteiger partial charge < -0.3 is 0 Å². The summed E-state index contributed by atoms with van der Waals surface area (Å²) in [5.74, 6) is 0. The molecular formula is C25H38. The SMILES string of the molecule is C=CC=CC=CC=CC=CC=CC=CCCCCCCCCCCC. The molecule has 0 N–H and O–H groups in total. The van der Waals surface area contributed by atoms with Gasteiger partial charge in [0.05, 0.1) is 0 Å². The summed E-state index contributed by atoms with van der Waals surface area (Å²) in [7, 11) is 0. The molecule has 0 aromatic heterocycles. The number of hydrogen-bond donors (Lipinski definition) is 0. The lowest BCUT2D eigenvalue weighted by Crippen LogP contribution is -1.80. The van der Waals surface area contributed by atoms with Crippen molar-refractivity contribution in [2.24, 2.45) is 0 Å². The van der Waals surface area contributed by atoms with Gasteiger partial charge in [0.2, 0.25) is 0 Å². The minimum Gasteiger partial charge on any atom is -0.0991 e. The summed E-state index contributed by atoms with van der Waals surface area (Å²) in [5.41, 5.74) is 0. The summed E-state index contributed by atoms with van der Waals surface area (Å²) in [4.78, 5) is 0. The Morgan fingerprint density at radius 2 is 0.880 bits per heavy atom. The smallest absolute Gasteiger partial charge is 0.0348 e. The molecule has 0 radical (unpaired) electrons. The van der Waals surface area contributed by atoms with E-state index < -0.39 is 0 Å². The fourth-order valence-corrected chi connectivity index (χ4v) is 2.40. The Balaban J connectivity index is 3.46. The van der Waals surface area contributed by atoms with Crippen LogP contribution in [-0.4, -0.2) is 0 Å². The first-order valence-corrected chi connectivity index (χ1v) is 10.0. The number of hydrogen-bond acceptors (Lipinski definition) is 0. The zero-order chi connectivity index (χ0) is 18.3. The minimum atomic E-state index is 1.20. The third-order valence-electron chi connectivity index (χ3n) is 3.86. The molecule has 0 nitrogen and oxygen atoms in total. The minimum absolute atomic E-state index is 1.20. The second-order valence-corrected chi connectivity index (χ2v) is 6.21. The van der Waals surface area contributed by atoms with E-state index in [2.05, 4.69) is 37.8 Å². The first-order valence-electron chi connectivity index (χ1n) is 10.0. The van der Waals surface area contributed by atoms with Crippen LogP contribution in [0.5, 0.6) is 0 Å². The van der Waals surface area contributed by atoms with Crippen molar-refractivity contribution in [3.8, 4) is 0 Å². The third-order valence-corrected chi connectivity index (χ3v) is 3.86. The Labute approximate surface area is 157 Å². The van der Waals surface area contributed by atoms with E-state index in [9.17, 15) is 0 Å². The van der Waals surface area contributed by atoms with Crippen LogP contribution in [0.1, 0.15) is 71.1 Å². The second-order valence-electron chi connectivity index (χ2n) is 6.21. The summed E-state index contributed by atoms with van der Waals surface area (Å²) >= 11 is 0. The highest BCUT2D eigenvalue weighted by molar-refractivity contribution is 5.20. The standard InChI is InChI=1S/C25H38/c1-3-5-7-9-11-13-15-17-19-21-23-25-24-22-20-18-16-14-12-10-8-6-4-2/h3,5,7,9,11,13,15,17,19,21,23-25H,1,4,6,8,10,12,14,16,18,20,22H2,2H3. The molecule has 0 aliphatic heterocycles. The van der Waals surface area contributed by atoms with Crippen LogP contribution < -0.4 is 0 Å². The Morgan fingerprint density at radius 1 is 0.480 bits per heavy atom. The zero-order valence-electron chi connectivity index (χ0n) is 16.3. The molecule has 0 aliphatic rings. The molecule has 0 aromatic rings. The third kappa shape index (κ3) is 22.2. The maximum Gasteiger partial charge on any atom is -0.0348 e.